The lowest BCUT2D eigenvalue weighted by Crippen LogP contribution is -2.38. The quantitative estimate of drug-likeness (QED) is 0.722. The molecule has 1 N–H and O–H groups in total. The maximum absolute atomic E-state index is 10.9. The van der Waals surface area contributed by atoms with E-state index in [0.717, 1.165) is 0 Å². The molecule has 2 aliphatic rings. The summed E-state index contributed by atoms with van der Waals surface area (Å²) in [6.45, 7) is 1.90. The Bertz CT molecular complexity index is 286. The Morgan fingerprint density at radius 2 is 2.40 bits per heavy atom. The molecule has 4 unspecified atom stereocenters. The van der Waals surface area contributed by atoms with Crippen molar-refractivity contribution in [3.8, 4) is 0 Å². The number of hydrogen-bond acceptors (Lipinski definition) is 3. The van der Waals surface area contributed by atoms with E-state index in [1.54, 1.807) is 7.11 Å². The first kappa shape index (κ1) is 12.2. The van der Waals surface area contributed by atoms with Crippen LogP contribution in [0.4, 0.5) is 0 Å². The zero-order valence-electron chi connectivity index (χ0n) is 8.27. The number of carboxylic acid groups (broad SMARTS) is 1. The van der Waals surface area contributed by atoms with Crippen LogP contribution in [0.3, 0.4) is 0 Å². The van der Waals surface area contributed by atoms with Gasteiger partial charge in [0.2, 0.25) is 0 Å². The van der Waals surface area contributed by atoms with Crippen molar-refractivity contribution < 1.29 is 19.4 Å². The van der Waals surface area contributed by atoms with Gasteiger partial charge in [-0.05, 0) is 13.3 Å². The summed E-state index contributed by atoms with van der Waals surface area (Å²) >= 11 is 0. The molecule has 0 spiro atoms. The third kappa shape index (κ3) is 1.68. The summed E-state index contributed by atoms with van der Waals surface area (Å²) in [7, 11) is 1.61. The normalized spacial score (nSPS) is 38.8. The molecule has 2 heterocycles. The van der Waals surface area contributed by atoms with E-state index in [9.17, 15) is 4.79 Å². The number of hydrogen-bond donors (Lipinski definition) is 1. The molecule has 2 aliphatic heterocycles. The van der Waals surface area contributed by atoms with Crippen molar-refractivity contribution in [3.05, 3.63) is 12.2 Å². The zero-order chi connectivity index (χ0) is 10.3. The molecular formula is C11H18O4. The second-order valence-electron chi connectivity index (χ2n) is 3.92. The highest BCUT2D eigenvalue weighted by atomic mass is 16.6. The Balaban J connectivity index is 0.00000112. The Labute approximate surface area is 89.9 Å². The average molecular weight is 214 g/mol. The van der Waals surface area contributed by atoms with Gasteiger partial charge in [-0.1, -0.05) is 19.6 Å². The van der Waals surface area contributed by atoms with E-state index in [2.05, 4.69) is 0 Å². The molecule has 0 aromatic heterocycles. The third-order valence-corrected chi connectivity index (χ3v) is 3.22. The van der Waals surface area contributed by atoms with Crippen LogP contribution in [0.25, 0.3) is 0 Å². The Morgan fingerprint density at radius 1 is 1.73 bits per heavy atom. The molecule has 2 bridgehead atoms. The highest BCUT2D eigenvalue weighted by Gasteiger charge is 2.54. The molecule has 0 aromatic carbocycles. The third-order valence-electron chi connectivity index (χ3n) is 3.22. The van der Waals surface area contributed by atoms with Crippen LogP contribution in [0.1, 0.15) is 20.8 Å². The summed E-state index contributed by atoms with van der Waals surface area (Å²) < 4.78 is 10.9. The first-order chi connectivity index (χ1) is 6.59. The van der Waals surface area contributed by atoms with Gasteiger partial charge in [0.05, 0.1) is 18.1 Å². The molecule has 1 fully saturated rings. The fourth-order valence-electron chi connectivity index (χ4n) is 2.21. The van der Waals surface area contributed by atoms with Crippen molar-refractivity contribution in [3.63, 3.8) is 0 Å². The van der Waals surface area contributed by atoms with Gasteiger partial charge in [-0.3, -0.25) is 4.79 Å². The summed E-state index contributed by atoms with van der Waals surface area (Å²) in [6.07, 6.45) is 3.90. The molecule has 86 valence electrons. The molecule has 4 heteroatoms. The largest absolute Gasteiger partial charge is 0.481 e. The van der Waals surface area contributed by atoms with Crippen LogP contribution in [0.15, 0.2) is 12.2 Å². The van der Waals surface area contributed by atoms with Gasteiger partial charge in [0.25, 0.3) is 0 Å². The van der Waals surface area contributed by atoms with Crippen molar-refractivity contribution in [1.82, 2.24) is 0 Å². The minimum Gasteiger partial charge on any atom is -0.481 e. The number of rotatable bonds is 3. The number of aliphatic carboxylic acids is 1. The van der Waals surface area contributed by atoms with Crippen LogP contribution in [0.2, 0.25) is 0 Å². The monoisotopic (exact) mass is 214 g/mol. The average Bonchev–Trinajstić information content (AvgIpc) is 2.74. The highest BCUT2D eigenvalue weighted by Crippen LogP contribution is 2.45. The van der Waals surface area contributed by atoms with Gasteiger partial charge < -0.3 is 14.6 Å². The number of methoxy groups -OCH3 is 1. The first-order valence-electron chi connectivity index (χ1n) is 4.72. The van der Waals surface area contributed by atoms with E-state index < -0.39 is 17.5 Å². The van der Waals surface area contributed by atoms with Gasteiger partial charge in [0.15, 0.2) is 0 Å². The van der Waals surface area contributed by atoms with Crippen LogP contribution in [-0.2, 0) is 14.3 Å². The molecule has 4 nitrogen and oxygen atoms in total. The molecule has 15 heavy (non-hydrogen) atoms. The Kier molecular flexibility index (Phi) is 3.21. The molecule has 4 atom stereocenters. The standard InChI is InChI=1S/C10H14O4.CH4/c1-6(13-2)10-4-3-8(14-10)7(5-10)9(11)12;/h3-4,6-8H,5H2,1-2H3,(H,11,12);1H4. The molecule has 0 aromatic rings. The van der Waals surface area contributed by atoms with Crippen LogP contribution in [0.5, 0.6) is 0 Å². The van der Waals surface area contributed by atoms with Gasteiger partial charge in [0, 0.05) is 7.11 Å². The lowest BCUT2D eigenvalue weighted by molar-refractivity contribution is -0.142. The summed E-state index contributed by atoms with van der Waals surface area (Å²) in [5.41, 5.74) is -0.511. The second-order valence-corrected chi connectivity index (χ2v) is 3.92. The smallest absolute Gasteiger partial charge is 0.309 e. The fraction of sp³-hybridized carbons (Fsp3) is 0.727. The number of carbonyl (C=O) groups is 1. The number of carboxylic acids is 1. The molecule has 0 saturated carbocycles. The van der Waals surface area contributed by atoms with Gasteiger partial charge >= 0.3 is 5.97 Å². The van der Waals surface area contributed by atoms with Crippen molar-refractivity contribution in [2.75, 3.05) is 7.11 Å². The highest BCUT2D eigenvalue weighted by molar-refractivity contribution is 5.72. The minimum atomic E-state index is -0.787. The van der Waals surface area contributed by atoms with E-state index in [-0.39, 0.29) is 19.6 Å². The number of fused-ring (bicyclic) bond motifs is 2. The van der Waals surface area contributed by atoms with E-state index in [0.29, 0.717) is 6.42 Å². The zero-order valence-corrected chi connectivity index (χ0v) is 8.27. The van der Waals surface area contributed by atoms with Crippen LogP contribution in [0, 0.1) is 5.92 Å². The molecule has 0 radical (unpaired) electrons. The second kappa shape index (κ2) is 3.94. The lowest BCUT2D eigenvalue weighted by atomic mass is 9.83. The van der Waals surface area contributed by atoms with Crippen molar-refractivity contribution >= 4 is 5.97 Å². The van der Waals surface area contributed by atoms with E-state index in [1.807, 2.05) is 19.1 Å². The topological polar surface area (TPSA) is 55.8 Å². The van der Waals surface area contributed by atoms with Crippen molar-refractivity contribution in [1.29, 1.82) is 0 Å². The summed E-state index contributed by atoms with van der Waals surface area (Å²) in [6, 6.07) is 0. The summed E-state index contributed by atoms with van der Waals surface area (Å²) in [5.74, 6) is -1.21. The molecule has 0 amide bonds. The molecular weight excluding hydrogens is 196 g/mol. The first-order valence-corrected chi connectivity index (χ1v) is 4.72. The lowest BCUT2D eigenvalue weighted by Gasteiger charge is -2.28. The predicted molar refractivity (Wildman–Crippen MR) is 55.7 cm³/mol. The van der Waals surface area contributed by atoms with Crippen LogP contribution in [-0.4, -0.2) is 36.0 Å². The molecule has 0 aliphatic carbocycles. The SMILES string of the molecule is C.COC(C)C12C=CC(O1)C(C(=O)O)C2. The fourth-order valence-corrected chi connectivity index (χ4v) is 2.21. The summed E-state index contributed by atoms with van der Waals surface area (Å²) in [4.78, 5) is 10.9. The van der Waals surface area contributed by atoms with E-state index >= 15 is 0 Å². The van der Waals surface area contributed by atoms with Gasteiger partial charge in [0.1, 0.15) is 5.60 Å². The van der Waals surface area contributed by atoms with Crippen LogP contribution >= 0.6 is 0 Å². The van der Waals surface area contributed by atoms with Gasteiger partial charge in [-0.25, -0.2) is 0 Å². The Morgan fingerprint density at radius 3 is 2.87 bits per heavy atom. The summed E-state index contributed by atoms with van der Waals surface area (Å²) in [5, 5.41) is 8.95. The molecule has 2 rings (SSSR count). The van der Waals surface area contributed by atoms with Crippen molar-refractivity contribution in [2.45, 2.75) is 38.6 Å². The van der Waals surface area contributed by atoms with Gasteiger partial charge in [-0.15, -0.1) is 0 Å². The number of ether oxygens (including phenoxy) is 2. The minimum absolute atomic E-state index is 0. The van der Waals surface area contributed by atoms with Crippen LogP contribution < -0.4 is 0 Å². The Hall–Kier alpha value is -0.870. The van der Waals surface area contributed by atoms with Crippen molar-refractivity contribution in [2.24, 2.45) is 5.92 Å². The van der Waals surface area contributed by atoms with E-state index in [4.69, 9.17) is 14.6 Å². The van der Waals surface area contributed by atoms with Gasteiger partial charge in [-0.2, -0.15) is 0 Å². The van der Waals surface area contributed by atoms with E-state index in [1.165, 1.54) is 0 Å². The molecule has 1 saturated heterocycles. The maximum atomic E-state index is 10.9. The maximum Gasteiger partial charge on any atom is 0.309 e. The predicted octanol–water partition coefficient (Wildman–Crippen LogP) is 1.46.